The summed E-state index contributed by atoms with van der Waals surface area (Å²) >= 11 is 5.83. The van der Waals surface area contributed by atoms with Crippen molar-refractivity contribution in [2.75, 3.05) is 20.2 Å². The highest BCUT2D eigenvalue weighted by atomic mass is 35.5. The zero-order valence-corrected chi connectivity index (χ0v) is 15.1. The number of alkyl halides is 3. The van der Waals surface area contributed by atoms with E-state index in [4.69, 9.17) is 11.6 Å². The van der Waals surface area contributed by atoms with Gasteiger partial charge in [-0.1, -0.05) is 23.7 Å². The van der Waals surface area contributed by atoms with Crippen molar-refractivity contribution >= 4 is 29.4 Å². The molecule has 0 bridgehead atoms. The lowest BCUT2D eigenvalue weighted by atomic mass is 10.0. The Bertz CT molecular complexity index is 709. The van der Waals surface area contributed by atoms with Crippen molar-refractivity contribution in [1.29, 1.82) is 0 Å². The number of carbonyl (C=O) groups excluding carboxylic acids is 3. The molecule has 1 saturated heterocycles. The molecule has 2 amide bonds. The molecule has 0 spiro atoms. The number of rotatable bonds is 6. The average molecular weight is 407 g/mol. The van der Waals surface area contributed by atoms with Crippen LogP contribution in [-0.4, -0.2) is 49.1 Å². The van der Waals surface area contributed by atoms with Crippen LogP contribution in [-0.2, 0) is 19.1 Å². The molecule has 1 aromatic carbocycles. The molecular formula is C17H18ClF3N2O4. The number of esters is 1. The summed E-state index contributed by atoms with van der Waals surface area (Å²) in [4.78, 5) is 36.5. The van der Waals surface area contributed by atoms with E-state index in [0.29, 0.717) is 15.5 Å². The summed E-state index contributed by atoms with van der Waals surface area (Å²) in [7, 11) is 1.20. The summed E-state index contributed by atoms with van der Waals surface area (Å²) in [6, 6.07) is 5.64. The monoisotopic (exact) mass is 406 g/mol. The van der Waals surface area contributed by atoms with Gasteiger partial charge in [0, 0.05) is 18.0 Å². The molecule has 0 radical (unpaired) electrons. The molecule has 2 atom stereocenters. The van der Waals surface area contributed by atoms with Crippen LogP contribution in [0.1, 0.15) is 24.4 Å². The lowest BCUT2D eigenvalue weighted by molar-refractivity contribution is -0.157. The number of nitrogens with zero attached hydrogens (tertiary/aromatic N) is 1. The van der Waals surface area contributed by atoms with Crippen molar-refractivity contribution < 1.29 is 32.3 Å². The zero-order chi connectivity index (χ0) is 20.2. The summed E-state index contributed by atoms with van der Waals surface area (Å²) < 4.78 is 42.1. The molecule has 1 fully saturated rings. The SMILES string of the molecule is COC(=O)CC(NC(=O)C1CC(=O)N(CC(F)(F)F)C1)c1ccc(Cl)cc1. The van der Waals surface area contributed by atoms with E-state index in [9.17, 15) is 27.6 Å². The highest BCUT2D eigenvalue weighted by Gasteiger charge is 2.41. The van der Waals surface area contributed by atoms with Crippen molar-refractivity contribution in [1.82, 2.24) is 10.2 Å². The van der Waals surface area contributed by atoms with Gasteiger partial charge in [0.15, 0.2) is 0 Å². The van der Waals surface area contributed by atoms with Gasteiger partial charge < -0.3 is 15.0 Å². The molecule has 10 heteroatoms. The van der Waals surface area contributed by atoms with Gasteiger partial charge in [-0.05, 0) is 17.7 Å². The number of likely N-dealkylation sites (tertiary alicyclic amines) is 1. The summed E-state index contributed by atoms with van der Waals surface area (Å²) in [6.07, 6.45) is -5.01. The van der Waals surface area contributed by atoms with E-state index in [1.807, 2.05) is 0 Å². The smallest absolute Gasteiger partial charge is 0.406 e. The van der Waals surface area contributed by atoms with Crippen molar-refractivity contribution in [3.63, 3.8) is 0 Å². The van der Waals surface area contributed by atoms with Crippen LogP contribution in [0.25, 0.3) is 0 Å². The first-order valence-corrected chi connectivity index (χ1v) is 8.44. The van der Waals surface area contributed by atoms with Crippen LogP contribution in [0.2, 0.25) is 5.02 Å². The minimum absolute atomic E-state index is 0.170. The third-order valence-corrected chi connectivity index (χ3v) is 4.39. The molecule has 148 valence electrons. The van der Waals surface area contributed by atoms with Gasteiger partial charge in [-0.15, -0.1) is 0 Å². The number of carbonyl (C=O) groups is 3. The molecule has 2 rings (SSSR count). The first-order chi connectivity index (χ1) is 12.6. The van der Waals surface area contributed by atoms with Gasteiger partial charge in [0.2, 0.25) is 11.8 Å². The Balaban J connectivity index is 2.08. The maximum atomic E-state index is 12.5. The molecule has 0 aromatic heterocycles. The zero-order valence-electron chi connectivity index (χ0n) is 14.4. The number of hydrogen-bond donors (Lipinski definition) is 1. The van der Waals surface area contributed by atoms with Gasteiger partial charge in [0.25, 0.3) is 0 Å². The minimum Gasteiger partial charge on any atom is -0.469 e. The highest BCUT2D eigenvalue weighted by molar-refractivity contribution is 6.30. The molecule has 6 nitrogen and oxygen atoms in total. The molecule has 1 N–H and O–H groups in total. The first kappa shape index (κ1) is 21.0. The number of hydrogen-bond acceptors (Lipinski definition) is 4. The number of nitrogens with one attached hydrogen (secondary N) is 1. The quantitative estimate of drug-likeness (QED) is 0.736. The fraction of sp³-hybridized carbons (Fsp3) is 0.471. The molecule has 1 heterocycles. The third-order valence-electron chi connectivity index (χ3n) is 4.14. The minimum atomic E-state index is -4.53. The number of amides is 2. The van der Waals surface area contributed by atoms with Crippen LogP contribution in [0.15, 0.2) is 24.3 Å². The molecule has 1 aliphatic heterocycles. The number of halogens is 4. The molecule has 1 aromatic rings. The van der Waals surface area contributed by atoms with E-state index >= 15 is 0 Å². The highest BCUT2D eigenvalue weighted by Crippen LogP contribution is 2.26. The topological polar surface area (TPSA) is 75.7 Å². The van der Waals surface area contributed by atoms with Crippen molar-refractivity contribution in [2.24, 2.45) is 5.92 Å². The van der Waals surface area contributed by atoms with E-state index in [0.717, 1.165) is 0 Å². The molecule has 2 unspecified atom stereocenters. The van der Waals surface area contributed by atoms with E-state index in [2.05, 4.69) is 10.1 Å². The number of methoxy groups -OCH3 is 1. The second kappa shape index (κ2) is 8.60. The normalized spacial score (nSPS) is 18.3. The average Bonchev–Trinajstić information content (AvgIpc) is 2.94. The summed E-state index contributed by atoms with van der Waals surface area (Å²) in [5.74, 6) is -2.83. The van der Waals surface area contributed by atoms with Crippen LogP contribution in [0.3, 0.4) is 0 Å². The molecule has 0 aliphatic carbocycles. The Morgan fingerprint density at radius 2 is 1.96 bits per heavy atom. The summed E-state index contributed by atoms with van der Waals surface area (Å²) in [6.45, 7) is -1.71. The van der Waals surface area contributed by atoms with Crippen molar-refractivity contribution in [3.8, 4) is 0 Å². The van der Waals surface area contributed by atoms with Gasteiger partial charge in [-0.3, -0.25) is 14.4 Å². The van der Waals surface area contributed by atoms with Crippen molar-refractivity contribution in [3.05, 3.63) is 34.9 Å². The Morgan fingerprint density at radius 3 is 2.52 bits per heavy atom. The maximum Gasteiger partial charge on any atom is 0.406 e. The second-order valence-electron chi connectivity index (χ2n) is 6.18. The largest absolute Gasteiger partial charge is 0.469 e. The molecular weight excluding hydrogens is 389 g/mol. The van der Waals surface area contributed by atoms with Gasteiger partial charge in [-0.25, -0.2) is 0 Å². The number of ether oxygens (including phenoxy) is 1. The molecule has 27 heavy (non-hydrogen) atoms. The van der Waals surface area contributed by atoms with E-state index in [1.54, 1.807) is 24.3 Å². The van der Waals surface area contributed by atoms with Gasteiger partial charge in [-0.2, -0.15) is 13.2 Å². The Morgan fingerprint density at radius 1 is 1.33 bits per heavy atom. The Kier molecular flexibility index (Phi) is 6.69. The van der Waals surface area contributed by atoms with Crippen LogP contribution >= 0.6 is 11.6 Å². The first-order valence-electron chi connectivity index (χ1n) is 8.06. The van der Waals surface area contributed by atoms with Crippen LogP contribution < -0.4 is 5.32 Å². The predicted octanol–water partition coefficient (Wildman–Crippen LogP) is 2.47. The van der Waals surface area contributed by atoms with Crippen LogP contribution in [0, 0.1) is 5.92 Å². The molecule has 1 aliphatic rings. The predicted molar refractivity (Wildman–Crippen MR) is 89.7 cm³/mol. The number of benzene rings is 1. The Hall–Kier alpha value is -2.29. The summed E-state index contributed by atoms with van der Waals surface area (Å²) in [5, 5.41) is 3.08. The van der Waals surface area contributed by atoms with Crippen molar-refractivity contribution in [2.45, 2.75) is 25.1 Å². The maximum absolute atomic E-state index is 12.5. The summed E-state index contributed by atoms with van der Waals surface area (Å²) in [5.41, 5.74) is 0.578. The Labute approximate surface area is 158 Å². The lowest BCUT2D eigenvalue weighted by Gasteiger charge is -2.21. The fourth-order valence-corrected chi connectivity index (χ4v) is 2.93. The fourth-order valence-electron chi connectivity index (χ4n) is 2.80. The van der Waals surface area contributed by atoms with Gasteiger partial charge >= 0.3 is 12.1 Å². The van der Waals surface area contributed by atoms with E-state index < -0.39 is 42.5 Å². The van der Waals surface area contributed by atoms with E-state index in [1.165, 1.54) is 7.11 Å². The van der Waals surface area contributed by atoms with Gasteiger partial charge in [0.05, 0.1) is 25.5 Å². The second-order valence-corrected chi connectivity index (χ2v) is 6.62. The van der Waals surface area contributed by atoms with E-state index in [-0.39, 0.29) is 19.4 Å². The molecule has 0 saturated carbocycles. The third kappa shape index (κ3) is 6.13. The van der Waals surface area contributed by atoms with Crippen LogP contribution in [0.5, 0.6) is 0 Å². The lowest BCUT2D eigenvalue weighted by Crippen LogP contribution is -2.38. The van der Waals surface area contributed by atoms with Gasteiger partial charge in [0.1, 0.15) is 6.54 Å². The standard InChI is InChI=1S/C17H18ClF3N2O4/c1-27-15(25)7-13(10-2-4-12(18)5-3-10)22-16(26)11-6-14(24)23(8-11)9-17(19,20)21/h2-5,11,13H,6-9H2,1H3,(H,22,26). The van der Waals surface area contributed by atoms with Crippen LogP contribution in [0.4, 0.5) is 13.2 Å².